The summed E-state index contributed by atoms with van der Waals surface area (Å²) in [7, 11) is 0. The zero-order chi connectivity index (χ0) is 20.7. The Morgan fingerprint density at radius 2 is 1.83 bits per heavy atom. The third-order valence-electron chi connectivity index (χ3n) is 7.85. The maximum Gasteiger partial charge on any atom is 0.127 e. The van der Waals surface area contributed by atoms with E-state index < -0.39 is 0 Å². The summed E-state index contributed by atoms with van der Waals surface area (Å²) in [5.41, 5.74) is 5.58. The molecule has 1 heterocycles. The van der Waals surface area contributed by atoms with Crippen LogP contribution in [0.5, 0.6) is 5.75 Å². The van der Waals surface area contributed by atoms with E-state index in [0.717, 1.165) is 46.6 Å². The third-order valence-corrected chi connectivity index (χ3v) is 7.85. The van der Waals surface area contributed by atoms with E-state index in [1.165, 1.54) is 49.9 Å². The first-order valence-corrected chi connectivity index (χ1v) is 11.6. The molecular formula is C27H32N2O. The summed E-state index contributed by atoms with van der Waals surface area (Å²) >= 11 is 0. The average Bonchev–Trinajstić information content (AvgIpc) is 3.32. The summed E-state index contributed by atoms with van der Waals surface area (Å²) in [6.07, 6.45) is 6.65. The van der Waals surface area contributed by atoms with Gasteiger partial charge in [0.25, 0.3) is 0 Å². The first-order chi connectivity index (χ1) is 14.6. The van der Waals surface area contributed by atoms with Crippen molar-refractivity contribution >= 4 is 0 Å². The number of nitrogens with zero attached hydrogens (tertiary/aromatic N) is 1. The lowest BCUT2D eigenvalue weighted by molar-refractivity contribution is 0.111. The second-order valence-corrected chi connectivity index (χ2v) is 9.84. The number of aryl methyl sites for hydroxylation is 2. The fourth-order valence-corrected chi connectivity index (χ4v) is 6.36. The van der Waals surface area contributed by atoms with E-state index >= 15 is 0 Å². The molecule has 3 aliphatic rings. The number of hydrogen-bond donors (Lipinski definition) is 1. The Labute approximate surface area is 180 Å². The molecule has 0 radical (unpaired) electrons. The molecule has 5 atom stereocenters. The molecule has 156 valence electrons. The van der Waals surface area contributed by atoms with E-state index in [4.69, 9.17) is 4.74 Å². The van der Waals surface area contributed by atoms with Gasteiger partial charge in [-0.15, -0.1) is 0 Å². The van der Waals surface area contributed by atoms with Gasteiger partial charge in [-0.3, -0.25) is 0 Å². The Hall–Kier alpha value is -2.31. The van der Waals surface area contributed by atoms with Gasteiger partial charge >= 0.3 is 0 Å². The quantitative estimate of drug-likeness (QED) is 0.738. The molecule has 5 rings (SSSR count). The number of ether oxygens (including phenoxy) is 1. The van der Waals surface area contributed by atoms with Crippen molar-refractivity contribution in [3.63, 3.8) is 0 Å². The molecule has 2 fully saturated rings. The molecule has 1 N–H and O–H groups in total. The highest BCUT2D eigenvalue weighted by molar-refractivity contribution is 5.48. The van der Waals surface area contributed by atoms with Crippen molar-refractivity contribution in [3.05, 3.63) is 64.2 Å². The second kappa shape index (κ2) is 8.08. The first-order valence-electron chi connectivity index (χ1n) is 11.6. The predicted octanol–water partition coefficient (Wildman–Crippen LogP) is 5.49. The SMILES string of the molecule is Cc1cc(O[C@@H]2c3ccccc3C[C@H]2CC2CC[C@@H]3CNC[C@@H]3C2)cc(C)c1C#N. The van der Waals surface area contributed by atoms with Crippen molar-refractivity contribution in [1.82, 2.24) is 5.32 Å². The highest BCUT2D eigenvalue weighted by Crippen LogP contribution is 2.46. The maximum absolute atomic E-state index is 9.40. The van der Waals surface area contributed by atoms with E-state index in [1.807, 2.05) is 26.0 Å². The molecule has 1 unspecified atom stereocenters. The maximum atomic E-state index is 9.40. The number of rotatable bonds is 4. The zero-order valence-electron chi connectivity index (χ0n) is 18.2. The Morgan fingerprint density at radius 1 is 1.07 bits per heavy atom. The Kier molecular flexibility index (Phi) is 5.29. The van der Waals surface area contributed by atoms with Crippen LogP contribution in [-0.2, 0) is 6.42 Å². The lowest BCUT2D eigenvalue weighted by atomic mass is 9.72. The predicted molar refractivity (Wildman–Crippen MR) is 119 cm³/mol. The standard InChI is InChI=1S/C27H32N2O/c1-17-9-24(10-18(2)26(17)14-28)30-27-22(13-20-5-3-4-6-25(20)27)11-19-7-8-21-15-29-16-23(21)12-19/h3-6,9-10,19,21-23,27,29H,7-8,11-13,15-16H2,1-2H3/t19?,21-,22-,23+,27+/m1/s1. The summed E-state index contributed by atoms with van der Waals surface area (Å²) in [5.74, 6) is 4.06. The van der Waals surface area contributed by atoms with Crippen LogP contribution in [0.25, 0.3) is 0 Å². The molecule has 3 nitrogen and oxygen atoms in total. The molecule has 30 heavy (non-hydrogen) atoms. The minimum atomic E-state index is 0.118. The van der Waals surface area contributed by atoms with Crippen LogP contribution in [0.3, 0.4) is 0 Å². The van der Waals surface area contributed by atoms with Crippen molar-refractivity contribution in [2.45, 2.75) is 52.1 Å². The van der Waals surface area contributed by atoms with Crippen molar-refractivity contribution in [1.29, 1.82) is 5.26 Å². The highest BCUT2D eigenvalue weighted by atomic mass is 16.5. The van der Waals surface area contributed by atoms with Gasteiger partial charge in [0.05, 0.1) is 11.6 Å². The molecule has 3 heteroatoms. The van der Waals surface area contributed by atoms with Crippen molar-refractivity contribution in [3.8, 4) is 11.8 Å². The number of hydrogen-bond acceptors (Lipinski definition) is 3. The fourth-order valence-electron chi connectivity index (χ4n) is 6.36. The van der Waals surface area contributed by atoms with Crippen LogP contribution in [0, 0.1) is 48.9 Å². The summed E-state index contributed by atoms with van der Waals surface area (Å²) in [5, 5.41) is 13.0. The molecule has 0 bridgehead atoms. The third kappa shape index (κ3) is 3.63. The van der Waals surface area contributed by atoms with Gasteiger partial charge in [0.1, 0.15) is 11.9 Å². The van der Waals surface area contributed by atoms with Crippen LogP contribution < -0.4 is 10.1 Å². The molecule has 1 aliphatic heterocycles. The Bertz CT molecular complexity index is 952. The van der Waals surface area contributed by atoms with Gasteiger partial charge in [-0.05, 0) is 105 Å². The minimum Gasteiger partial charge on any atom is -0.485 e. The molecule has 2 aromatic rings. The molecule has 2 aromatic carbocycles. The van der Waals surface area contributed by atoms with Crippen molar-refractivity contribution in [2.75, 3.05) is 13.1 Å². The van der Waals surface area contributed by atoms with Crippen LogP contribution in [-0.4, -0.2) is 13.1 Å². The van der Waals surface area contributed by atoms with Crippen molar-refractivity contribution < 1.29 is 4.74 Å². The highest BCUT2D eigenvalue weighted by Gasteiger charge is 2.39. The van der Waals surface area contributed by atoms with Gasteiger partial charge in [-0.25, -0.2) is 0 Å². The van der Waals surface area contributed by atoms with Crippen LogP contribution in [0.4, 0.5) is 0 Å². The summed E-state index contributed by atoms with van der Waals surface area (Å²) in [4.78, 5) is 0. The molecule has 1 saturated carbocycles. The smallest absolute Gasteiger partial charge is 0.127 e. The zero-order valence-corrected chi connectivity index (χ0v) is 18.2. The summed E-state index contributed by atoms with van der Waals surface area (Å²) in [6, 6.07) is 15.2. The monoisotopic (exact) mass is 400 g/mol. The average molecular weight is 401 g/mol. The van der Waals surface area contributed by atoms with Crippen molar-refractivity contribution in [2.24, 2.45) is 23.7 Å². The molecular weight excluding hydrogens is 368 g/mol. The van der Waals surface area contributed by atoms with E-state index in [9.17, 15) is 5.26 Å². The van der Waals surface area contributed by atoms with Crippen LogP contribution in [0.1, 0.15) is 59.6 Å². The Balaban J connectivity index is 1.37. The lowest BCUT2D eigenvalue weighted by Gasteiger charge is -2.34. The van der Waals surface area contributed by atoms with E-state index in [1.54, 1.807) is 0 Å². The number of fused-ring (bicyclic) bond motifs is 2. The molecule has 2 aliphatic carbocycles. The van der Waals surface area contributed by atoms with E-state index in [2.05, 4.69) is 35.7 Å². The largest absolute Gasteiger partial charge is 0.485 e. The number of nitriles is 1. The van der Waals surface area contributed by atoms with Crippen LogP contribution >= 0.6 is 0 Å². The van der Waals surface area contributed by atoms with Crippen LogP contribution in [0.2, 0.25) is 0 Å². The van der Waals surface area contributed by atoms with E-state index in [-0.39, 0.29) is 6.10 Å². The van der Waals surface area contributed by atoms with Crippen LogP contribution in [0.15, 0.2) is 36.4 Å². The molecule has 0 spiro atoms. The topological polar surface area (TPSA) is 45.0 Å². The molecule has 0 amide bonds. The lowest BCUT2D eigenvalue weighted by Crippen LogP contribution is -2.26. The van der Waals surface area contributed by atoms with Gasteiger partial charge < -0.3 is 10.1 Å². The fraction of sp³-hybridized carbons (Fsp3) is 0.519. The molecule has 0 aromatic heterocycles. The first kappa shape index (κ1) is 19.6. The van der Waals surface area contributed by atoms with Gasteiger partial charge in [-0.1, -0.05) is 30.7 Å². The summed E-state index contributed by atoms with van der Waals surface area (Å²) < 4.78 is 6.68. The summed E-state index contributed by atoms with van der Waals surface area (Å²) in [6.45, 7) is 6.46. The Morgan fingerprint density at radius 3 is 2.63 bits per heavy atom. The van der Waals surface area contributed by atoms with Gasteiger partial charge in [0, 0.05) is 5.92 Å². The van der Waals surface area contributed by atoms with Gasteiger partial charge in [-0.2, -0.15) is 5.26 Å². The van der Waals surface area contributed by atoms with E-state index in [0.29, 0.717) is 5.92 Å². The molecule has 1 saturated heterocycles. The van der Waals surface area contributed by atoms with Gasteiger partial charge in [0.2, 0.25) is 0 Å². The number of nitrogens with one attached hydrogen (secondary N) is 1. The second-order valence-electron chi connectivity index (χ2n) is 9.84. The minimum absolute atomic E-state index is 0.118. The van der Waals surface area contributed by atoms with Gasteiger partial charge in [0.15, 0.2) is 0 Å². The number of benzene rings is 2. The normalized spacial score (nSPS) is 29.8.